The average Bonchev–Trinajstić information content (AvgIpc) is 2.67. The fourth-order valence-electron chi connectivity index (χ4n) is 3.32. The topological polar surface area (TPSA) is 84.5 Å². The van der Waals surface area contributed by atoms with E-state index in [0.29, 0.717) is 5.69 Å². The number of carbonyl (C=O) groups excluding carboxylic acids is 3. The van der Waals surface area contributed by atoms with E-state index in [2.05, 4.69) is 10.6 Å². The minimum absolute atomic E-state index is 0.0370. The number of benzene rings is 1. The quantitative estimate of drug-likeness (QED) is 0.699. The van der Waals surface area contributed by atoms with E-state index in [1.165, 1.54) is 6.92 Å². The zero-order valence-corrected chi connectivity index (χ0v) is 17.3. The maximum Gasteiger partial charge on any atom is 0.329 e. The van der Waals surface area contributed by atoms with E-state index < -0.39 is 24.0 Å². The molecule has 2 atom stereocenters. The van der Waals surface area contributed by atoms with Crippen LogP contribution in [-0.4, -0.2) is 29.9 Å². The van der Waals surface area contributed by atoms with Crippen molar-refractivity contribution >= 4 is 23.5 Å². The molecule has 0 radical (unpaired) electrons. The molecular formula is C22H32N2O4. The lowest BCUT2D eigenvalue weighted by atomic mass is 9.88. The predicted molar refractivity (Wildman–Crippen MR) is 109 cm³/mol. The molecule has 0 spiro atoms. The molecule has 0 bridgehead atoms. The summed E-state index contributed by atoms with van der Waals surface area (Å²) in [5, 5.41) is 5.57. The van der Waals surface area contributed by atoms with Crippen LogP contribution in [0.25, 0.3) is 0 Å². The fraction of sp³-hybridized carbons (Fsp3) is 0.591. The van der Waals surface area contributed by atoms with Crippen molar-refractivity contribution in [1.29, 1.82) is 0 Å². The van der Waals surface area contributed by atoms with Crippen LogP contribution in [0.15, 0.2) is 24.3 Å². The summed E-state index contributed by atoms with van der Waals surface area (Å²) < 4.78 is 5.35. The van der Waals surface area contributed by atoms with Gasteiger partial charge in [-0.3, -0.25) is 9.59 Å². The summed E-state index contributed by atoms with van der Waals surface area (Å²) in [5.41, 5.74) is 1.73. The number of aryl methyl sites for hydroxylation is 1. The highest BCUT2D eigenvalue weighted by molar-refractivity contribution is 5.95. The summed E-state index contributed by atoms with van der Waals surface area (Å²) in [6.07, 6.45) is 4.02. The van der Waals surface area contributed by atoms with Crippen LogP contribution in [0.4, 0.5) is 5.69 Å². The van der Waals surface area contributed by atoms with E-state index in [-0.39, 0.29) is 17.7 Å². The zero-order chi connectivity index (χ0) is 20.7. The van der Waals surface area contributed by atoms with Gasteiger partial charge in [0.15, 0.2) is 6.10 Å². The Morgan fingerprint density at radius 1 is 1.00 bits per heavy atom. The maximum absolute atomic E-state index is 12.6. The summed E-state index contributed by atoms with van der Waals surface area (Å²) in [6, 6.07) is 6.61. The number of anilines is 1. The fourth-order valence-corrected chi connectivity index (χ4v) is 3.32. The highest BCUT2D eigenvalue weighted by Gasteiger charge is 2.31. The second kappa shape index (κ2) is 10.2. The number of hydrogen-bond acceptors (Lipinski definition) is 4. The van der Waals surface area contributed by atoms with E-state index in [4.69, 9.17) is 4.74 Å². The molecule has 1 fully saturated rings. The minimum atomic E-state index is -0.957. The Morgan fingerprint density at radius 3 is 2.18 bits per heavy atom. The molecule has 6 heteroatoms. The van der Waals surface area contributed by atoms with Crippen LogP contribution in [-0.2, 0) is 19.1 Å². The summed E-state index contributed by atoms with van der Waals surface area (Å²) >= 11 is 0. The lowest BCUT2D eigenvalue weighted by Crippen LogP contribution is -2.49. The van der Waals surface area contributed by atoms with Gasteiger partial charge in [-0.05, 0) is 44.7 Å². The first-order valence-corrected chi connectivity index (χ1v) is 10.2. The van der Waals surface area contributed by atoms with Crippen molar-refractivity contribution in [2.75, 3.05) is 5.32 Å². The molecule has 0 aliphatic heterocycles. The molecule has 2 amide bonds. The van der Waals surface area contributed by atoms with Crippen LogP contribution >= 0.6 is 0 Å². The van der Waals surface area contributed by atoms with Crippen LogP contribution in [0.1, 0.15) is 58.4 Å². The lowest BCUT2D eigenvalue weighted by molar-refractivity contribution is -0.157. The van der Waals surface area contributed by atoms with Crippen LogP contribution in [0.3, 0.4) is 0 Å². The van der Waals surface area contributed by atoms with Crippen LogP contribution in [0.5, 0.6) is 0 Å². The molecule has 6 nitrogen and oxygen atoms in total. The highest BCUT2D eigenvalue weighted by Crippen LogP contribution is 2.24. The first-order valence-electron chi connectivity index (χ1n) is 10.2. The standard InChI is InChI=1S/C22H32N2O4/c1-14(2)19(24-21(26)17-8-6-5-7-9-17)22(27)28-16(4)20(25)23-18-12-10-15(3)11-13-18/h10-14,16-17,19H,5-9H2,1-4H3,(H,23,25)(H,24,26). The molecule has 1 aliphatic rings. The van der Waals surface area contributed by atoms with E-state index in [1.807, 2.05) is 32.9 Å². The molecule has 1 aromatic rings. The summed E-state index contributed by atoms with van der Waals surface area (Å²) in [7, 11) is 0. The Bertz CT molecular complexity index is 678. The number of nitrogens with one attached hydrogen (secondary N) is 2. The zero-order valence-electron chi connectivity index (χ0n) is 17.3. The Balaban J connectivity index is 1.91. The van der Waals surface area contributed by atoms with Crippen molar-refractivity contribution in [2.45, 2.75) is 71.9 Å². The molecule has 1 aromatic carbocycles. The maximum atomic E-state index is 12.6. The average molecular weight is 389 g/mol. The van der Waals surface area contributed by atoms with E-state index in [1.54, 1.807) is 12.1 Å². The molecule has 2 rings (SSSR count). The van der Waals surface area contributed by atoms with Crippen molar-refractivity contribution in [3.05, 3.63) is 29.8 Å². The van der Waals surface area contributed by atoms with Crippen LogP contribution < -0.4 is 10.6 Å². The summed E-state index contributed by atoms with van der Waals surface area (Å²) in [6.45, 7) is 7.19. The number of carbonyl (C=O) groups is 3. The number of rotatable bonds is 7. The van der Waals surface area contributed by atoms with Gasteiger partial charge in [0.1, 0.15) is 6.04 Å². The molecule has 1 aliphatic carbocycles. The minimum Gasteiger partial charge on any atom is -0.451 e. The molecule has 0 aromatic heterocycles. The third-order valence-electron chi connectivity index (χ3n) is 5.18. The third-order valence-corrected chi connectivity index (χ3v) is 5.18. The predicted octanol–water partition coefficient (Wildman–Crippen LogP) is 3.59. The van der Waals surface area contributed by atoms with Crippen molar-refractivity contribution in [3.8, 4) is 0 Å². The SMILES string of the molecule is Cc1ccc(NC(=O)C(C)OC(=O)C(NC(=O)C2CCCCC2)C(C)C)cc1. The Kier molecular flexibility index (Phi) is 8.03. The molecular weight excluding hydrogens is 356 g/mol. The highest BCUT2D eigenvalue weighted by atomic mass is 16.5. The van der Waals surface area contributed by atoms with Gasteiger partial charge < -0.3 is 15.4 Å². The second-order valence-corrected chi connectivity index (χ2v) is 8.00. The van der Waals surface area contributed by atoms with Gasteiger partial charge in [0.05, 0.1) is 0 Å². The Hall–Kier alpha value is -2.37. The van der Waals surface area contributed by atoms with E-state index >= 15 is 0 Å². The Morgan fingerprint density at radius 2 is 1.61 bits per heavy atom. The molecule has 1 saturated carbocycles. The van der Waals surface area contributed by atoms with E-state index in [0.717, 1.165) is 37.7 Å². The number of hydrogen-bond donors (Lipinski definition) is 2. The Labute approximate surface area is 167 Å². The van der Waals surface area contributed by atoms with Gasteiger partial charge in [-0.2, -0.15) is 0 Å². The third kappa shape index (κ3) is 6.36. The number of amides is 2. The van der Waals surface area contributed by atoms with Gasteiger partial charge in [0.25, 0.3) is 5.91 Å². The first kappa shape index (κ1) is 21.9. The van der Waals surface area contributed by atoms with Crippen LogP contribution in [0.2, 0.25) is 0 Å². The lowest BCUT2D eigenvalue weighted by Gasteiger charge is -2.26. The molecule has 28 heavy (non-hydrogen) atoms. The van der Waals surface area contributed by atoms with Crippen molar-refractivity contribution in [1.82, 2.24) is 5.32 Å². The molecule has 2 unspecified atom stereocenters. The summed E-state index contributed by atoms with van der Waals surface area (Å²) in [5.74, 6) is -1.24. The van der Waals surface area contributed by atoms with Gasteiger partial charge in [-0.15, -0.1) is 0 Å². The number of ether oxygens (including phenoxy) is 1. The molecule has 0 saturated heterocycles. The van der Waals surface area contributed by atoms with E-state index in [9.17, 15) is 14.4 Å². The largest absolute Gasteiger partial charge is 0.451 e. The molecule has 154 valence electrons. The van der Waals surface area contributed by atoms with Gasteiger partial charge in [-0.25, -0.2) is 4.79 Å². The normalized spacial score (nSPS) is 16.9. The van der Waals surface area contributed by atoms with Gasteiger partial charge in [0, 0.05) is 11.6 Å². The molecule has 0 heterocycles. The first-order chi connectivity index (χ1) is 13.3. The smallest absolute Gasteiger partial charge is 0.329 e. The monoisotopic (exact) mass is 388 g/mol. The van der Waals surface area contributed by atoms with Crippen molar-refractivity contribution in [2.24, 2.45) is 11.8 Å². The van der Waals surface area contributed by atoms with Crippen molar-refractivity contribution < 1.29 is 19.1 Å². The van der Waals surface area contributed by atoms with Gasteiger partial charge in [0.2, 0.25) is 5.91 Å². The van der Waals surface area contributed by atoms with Crippen molar-refractivity contribution in [3.63, 3.8) is 0 Å². The number of esters is 1. The van der Waals surface area contributed by atoms with Gasteiger partial charge in [-0.1, -0.05) is 50.8 Å². The molecule has 2 N–H and O–H groups in total. The second-order valence-electron chi connectivity index (χ2n) is 8.00. The van der Waals surface area contributed by atoms with Crippen LogP contribution in [0, 0.1) is 18.8 Å². The van der Waals surface area contributed by atoms with Gasteiger partial charge >= 0.3 is 5.97 Å². The summed E-state index contributed by atoms with van der Waals surface area (Å²) in [4.78, 5) is 37.4.